The molecule has 0 N–H and O–H groups in total. The molecule has 1 aliphatic heterocycles. The highest BCUT2D eigenvalue weighted by Gasteiger charge is 2.22. The number of nitrogens with zero attached hydrogens (tertiary/aromatic N) is 2. The van der Waals surface area contributed by atoms with E-state index >= 15 is 0 Å². The molecule has 2 aliphatic rings. The summed E-state index contributed by atoms with van der Waals surface area (Å²) in [7, 11) is 0. The number of carbonyl (C=O) groups excluding carboxylic acids is 1. The van der Waals surface area contributed by atoms with Crippen molar-refractivity contribution in [1.82, 2.24) is 9.80 Å². The molecule has 0 bridgehead atoms. The fourth-order valence-corrected chi connectivity index (χ4v) is 3.94. The van der Waals surface area contributed by atoms with Crippen LogP contribution in [0.5, 0.6) is 0 Å². The Morgan fingerprint density at radius 2 is 2.19 bits per heavy atom. The van der Waals surface area contributed by atoms with Crippen molar-refractivity contribution in [3.05, 3.63) is 34.5 Å². The number of carbonyl (C=O) groups is 1. The van der Waals surface area contributed by atoms with Crippen LogP contribution in [0, 0.1) is 5.92 Å². The number of thiophene rings is 1. The van der Waals surface area contributed by atoms with Crippen LogP contribution in [0.15, 0.2) is 29.0 Å². The lowest BCUT2D eigenvalue weighted by Crippen LogP contribution is -2.36. The second-order valence-corrected chi connectivity index (χ2v) is 6.89. The molecule has 0 radical (unpaired) electrons. The van der Waals surface area contributed by atoms with Crippen LogP contribution in [0.2, 0.25) is 0 Å². The standard InChI is InChI=1S/C17H24N2OS/c20-17(16-7-12-21-14-16)19-9-4-8-18(10-11-19)13-15-5-2-1-3-6-15/h1-2,7,12,14-15H,3-6,8-11,13H2/t15-/m0/s1. The van der Waals surface area contributed by atoms with E-state index in [-0.39, 0.29) is 5.91 Å². The minimum Gasteiger partial charge on any atom is -0.337 e. The van der Waals surface area contributed by atoms with Gasteiger partial charge in [-0.25, -0.2) is 0 Å². The molecule has 4 heteroatoms. The highest BCUT2D eigenvalue weighted by Crippen LogP contribution is 2.20. The fraction of sp³-hybridized carbons (Fsp3) is 0.588. The van der Waals surface area contributed by atoms with Gasteiger partial charge in [0.25, 0.3) is 5.91 Å². The summed E-state index contributed by atoms with van der Waals surface area (Å²) in [5.74, 6) is 1.02. The van der Waals surface area contributed by atoms with Gasteiger partial charge >= 0.3 is 0 Å². The van der Waals surface area contributed by atoms with Crippen LogP contribution >= 0.6 is 11.3 Å². The van der Waals surface area contributed by atoms with E-state index in [1.54, 1.807) is 11.3 Å². The van der Waals surface area contributed by atoms with Gasteiger partial charge in [-0.15, -0.1) is 0 Å². The van der Waals surface area contributed by atoms with E-state index in [9.17, 15) is 4.79 Å². The molecule has 114 valence electrons. The lowest BCUT2D eigenvalue weighted by molar-refractivity contribution is 0.0761. The van der Waals surface area contributed by atoms with Gasteiger partial charge < -0.3 is 9.80 Å². The van der Waals surface area contributed by atoms with E-state index < -0.39 is 0 Å². The molecule has 1 amide bonds. The largest absolute Gasteiger partial charge is 0.337 e. The predicted octanol–water partition coefficient (Wildman–Crippen LogP) is 3.25. The first-order valence-corrected chi connectivity index (χ1v) is 8.96. The Morgan fingerprint density at radius 3 is 2.95 bits per heavy atom. The van der Waals surface area contributed by atoms with Gasteiger partial charge in [0.1, 0.15) is 0 Å². The SMILES string of the molecule is O=C(c1ccsc1)N1CCCN(C[C@H]2CC=CCC2)CC1. The van der Waals surface area contributed by atoms with Crippen LogP contribution < -0.4 is 0 Å². The maximum atomic E-state index is 12.4. The smallest absolute Gasteiger partial charge is 0.254 e. The molecule has 1 aromatic rings. The van der Waals surface area contributed by atoms with Crippen molar-refractivity contribution in [1.29, 1.82) is 0 Å². The predicted molar refractivity (Wildman–Crippen MR) is 87.8 cm³/mol. The van der Waals surface area contributed by atoms with Crippen LogP contribution in [0.1, 0.15) is 36.0 Å². The van der Waals surface area contributed by atoms with Crippen molar-refractivity contribution in [3.8, 4) is 0 Å². The summed E-state index contributed by atoms with van der Waals surface area (Å²) in [4.78, 5) is 17.0. The fourth-order valence-electron chi connectivity index (χ4n) is 3.31. The second kappa shape index (κ2) is 7.23. The van der Waals surface area contributed by atoms with Gasteiger partial charge in [0.05, 0.1) is 5.56 Å². The molecule has 0 saturated carbocycles. The lowest BCUT2D eigenvalue weighted by atomic mass is 9.94. The molecular formula is C17H24N2OS. The minimum atomic E-state index is 0.207. The zero-order valence-corrected chi connectivity index (χ0v) is 13.4. The minimum absolute atomic E-state index is 0.207. The Hall–Kier alpha value is -1.13. The number of allylic oxidation sites excluding steroid dienone is 2. The average Bonchev–Trinajstić information content (AvgIpc) is 2.95. The summed E-state index contributed by atoms with van der Waals surface area (Å²) in [5.41, 5.74) is 0.853. The highest BCUT2D eigenvalue weighted by atomic mass is 32.1. The van der Waals surface area contributed by atoms with Gasteiger partial charge in [-0.05, 0) is 49.6 Å². The van der Waals surface area contributed by atoms with E-state index in [1.807, 2.05) is 21.7 Å². The number of amides is 1. The zero-order valence-electron chi connectivity index (χ0n) is 12.5. The molecule has 0 aromatic carbocycles. The second-order valence-electron chi connectivity index (χ2n) is 6.11. The van der Waals surface area contributed by atoms with Crippen molar-refractivity contribution < 1.29 is 4.79 Å². The molecule has 0 spiro atoms. The first-order chi connectivity index (χ1) is 10.3. The summed E-state index contributed by atoms with van der Waals surface area (Å²) in [6, 6.07) is 1.93. The van der Waals surface area contributed by atoms with E-state index in [4.69, 9.17) is 0 Å². The maximum absolute atomic E-state index is 12.4. The summed E-state index contributed by atoms with van der Waals surface area (Å²) >= 11 is 1.60. The third-order valence-electron chi connectivity index (χ3n) is 4.54. The van der Waals surface area contributed by atoms with E-state index in [1.165, 1.54) is 25.8 Å². The van der Waals surface area contributed by atoms with Crippen molar-refractivity contribution in [2.75, 3.05) is 32.7 Å². The van der Waals surface area contributed by atoms with Crippen molar-refractivity contribution in [3.63, 3.8) is 0 Å². The van der Waals surface area contributed by atoms with Gasteiger partial charge in [0.15, 0.2) is 0 Å². The maximum Gasteiger partial charge on any atom is 0.254 e. The van der Waals surface area contributed by atoms with Gasteiger partial charge in [0, 0.05) is 31.6 Å². The Labute approximate surface area is 131 Å². The van der Waals surface area contributed by atoms with Gasteiger partial charge in [0.2, 0.25) is 0 Å². The average molecular weight is 304 g/mol. The Balaban J connectivity index is 1.52. The summed E-state index contributed by atoms with van der Waals surface area (Å²) in [6.45, 7) is 5.13. The molecule has 1 atom stereocenters. The molecule has 1 fully saturated rings. The van der Waals surface area contributed by atoms with Crippen molar-refractivity contribution in [2.45, 2.75) is 25.7 Å². The summed E-state index contributed by atoms with van der Waals surface area (Å²) in [6.07, 6.45) is 9.52. The molecule has 1 saturated heterocycles. The number of hydrogen-bond donors (Lipinski definition) is 0. The monoisotopic (exact) mass is 304 g/mol. The first-order valence-electron chi connectivity index (χ1n) is 8.02. The first kappa shape index (κ1) is 14.8. The van der Waals surface area contributed by atoms with Crippen LogP contribution in [0.4, 0.5) is 0 Å². The van der Waals surface area contributed by atoms with E-state index in [0.29, 0.717) is 0 Å². The normalized spacial score (nSPS) is 24.0. The number of hydrogen-bond acceptors (Lipinski definition) is 3. The Bertz CT molecular complexity index is 483. The summed E-state index contributed by atoms with van der Waals surface area (Å²) in [5, 5.41) is 3.94. The molecule has 1 aromatic heterocycles. The van der Waals surface area contributed by atoms with Crippen LogP contribution in [0.3, 0.4) is 0 Å². The third kappa shape index (κ3) is 3.95. The third-order valence-corrected chi connectivity index (χ3v) is 5.22. The van der Waals surface area contributed by atoms with Crippen LogP contribution in [-0.4, -0.2) is 48.4 Å². The Morgan fingerprint density at radius 1 is 1.24 bits per heavy atom. The molecule has 0 unspecified atom stereocenters. The zero-order chi connectivity index (χ0) is 14.5. The van der Waals surface area contributed by atoms with E-state index in [0.717, 1.165) is 44.1 Å². The highest BCUT2D eigenvalue weighted by molar-refractivity contribution is 7.08. The molecule has 3 nitrogen and oxygen atoms in total. The molecule has 3 rings (SSSR count). The van der Waals surface area contributed by atoms with E-state index in [2.05, 4.69) is 17.1 Å². The quantitative estimate of drug-likeness (QED) is 0.800. The van der Waals surface area contributed by atoms with Gasteiger partial charge in [-0.3, -0.25) is 4.79 Å². The molecule has 2 heterocycles. The topological polar surface area (TPSA) is 23.6 Å². The summed E-state index contributed by atoms with van der Waals surface area (Å²) < 4.78 is 0. The van der Waals surface area contributed by atoms with Gasteiger partial charge in [-0.1, -0.05) is 12.2 Å². The van der Waals surface area contributed by atoms with Crippen LogP contribution in [0.25, 0.3) is 0 Å². The number of rotatable bonds is 3. The molecule has 1 aliphatic carbocycles. The lowest BCUT2D eigenvalue weighted by Gasteiger charge is -2.27. The van der Waals surface area contributed by atoms with Crippen molar-refractivity contribution in [2.24, 2.45) is 5.92 Å². The van der Waals surface area contributed by atoms with Crippen molar-refractivity contribution >= 4 is 17.2 Å². The molecular weight excluding hydrogens is 280 g/mol. The van der Waals surface area contributed by atoms with Crippen LogP contribution in [-0.2, 0) is 0 Å². The molecule has 21 heavy (non-hydrogen) atoms. The Kier molecular flexibility index (Phi) is 5.09. The van der Waals surface area contributed by atoms with Gasteiger partial charge in [-0.2, -0.15) is 11.3 Å².